The van der Waals surface area contributed by atoms with Crippen molar-refractivity contribution in [2.45, 2.75) is 26.4 Å². The predicted molar refractivity (Wildman–Crippen MR) is 48.2 cm³/mol. The Bertz CT molecular complexity index is 195. The summed E-state index contributed by atoms with van der Waals surface area (Å²) in [7, 11) is 0. The first-order chi connectivity index (χ1) is 6.11. The Morgan fingerprint density at radius 1 is 1.77 bits per heavy atom. The zero-order chi connectivity index (χ0) is 9.90. The third kappa shape index (κ3) is 2.00. The third-order valence-electron chi connectivity index (χ3n) is 2.64. The number of aliphatic hydroxyl groups is 1. The molecule has 0 amide bonds. The molecule has 0 spiro atoms. The molecule has 0 aromatic rings. The van der Waals surface area contributed by atoms with E-state index in [1.165, 1.54) is 0 Å². The summed E-state index contributed by atoms with van der Waals surface area (Å²) >= 11 is 0. The molecule has 13 heavy (non-hydrogen) atoms. The largest absolute Gasteiger partial charge is 0.465 e. The molecule has 0 bridgehead atoms. The van der Waals surface area contributed by atoms with Gasteiger partial charge in [0.15, 0.2) is 0 Å². The van der Waals surface area contributed by atoms with Gasteiger partial charge in [0.2, 0.25) is 0 Å². The van der Waals surface area contributed by atoms with Gasteiger partial charge >= 0.3 is 5.97 Å². The van der Waals surface area contributed by atoms with Crippen LogP contribution in [0.5, 0.6) is 0 Å². The van der Waals surface area contributed by atoms with Gasteiger partial charge in [-0.05, 0) is 26.8 Å². The molecule has 0 radical (unpaired) electrons. The lowest BCUT2D eigenvalue weighted by atomic mass is 9.78. The minimum absolute atomic E-state index is 0.288. The Morgan fingerprint density at radius 3 is 3.00 bits per heavy atom. The summed E-state index contributed by atoms with van der Waals surface area (Å²) in [4.78, 5) is 11.5. The van der Waals surface area contributed by atoms with E-state index in [1.54, 1.807) is 13.8 Å². The van der Waals surface area contributed by atoms with Gasteiger partial charge in [0.1, 0.15) is 0 Å². The Labute approximate surface area is 78.3 Å². The fourth-order valence-electron chi connectivity index (χ4n) is 1.51. The first kappa shape index (κ1) is 10.5. The Kier molecular flexibility index (Phi) is 3.27. The van der Waals surface area contributed by atoms with Crippen molar-refractivity contribution in [2.24, 2.45) is 5.41 Å². The molecule has 0 aromatic carbocycles. The van der Waals surface area contributed by atoms with Gasteiger partial charge in [0, 0.05) is 6.54 Å². The van der Waals surface area contributed by atoms with Crippen molar-refractivity contribution in [1.29, 1.82) is 0 Å². The van der Waals surface area contributed by atoms with E-state index in [4.69, 9.17) is 4.74 Å². The van der Waals surface area contributed by atoms with E-state index in [9.17, 15) is 9.90 Å². The minimum atomic E-state index is -0.721. The average molecular weight is 187 g/mol. The van der Waals surface area contributed by atoms with Crippen molar-refractivity contribution < 1.29 is 14.6 Å². The van der Waals surface area contributed by atoms with Gasteiger partial charge in [-0.3, -0.25) is 4.79 Å². The molecule has 1 rings (SSSR count). The zero-order valence-corrected chi connectivity index (χ0v) is 8.17. The monoisotopic (exact) mass is 187 g/mol. The van der Waals surface area contributed by atoms with Crippen LogP contribution >= 0.6 is 0 Å². The molecule has 1 saturated heterocycles. The second-order valence-electron chi connectivity index (χ2n) is 3.61. The van der Waals surface area contributed by atoms with Crippen LogP contribution in [0.2, 0.25) is 0 Å². The fourth-order valence-corrected chi connectivity index (χ4v) is 1.51. The number of piperidine rings is 1. The van der Waals surface area contributed by atoms with Crippen molar-refractivity contribution >= 4 is 5.97 Å². The summed E-state index contributed by atoms with van der Waals surface area (Å²) in [6.07, 6.45) is -0.00667. The molecule has 4 nitrogen and oxygen atoms in total. The molecule has 4 heteroatoms. The maximum absolute atomic E-state index is 11.5. The molecule has 1 heterocycles. The van der Waals surface area contributed by atoms with Gasteiger partial charge in [-0.1, -0.05) is 0 Å². The van der Waals surface area contributed by atoms with E-state index in [-0.39, 0.29) is 5.97 Å². The normalized spacial score (nSPS) is 34.2. The van der Waals surface area contributed by atoms with Crippen LogP contribution in [0.4, 0.5) is 0 Å². The molecule has 1 aliphatic rings. The number of nitrogens with one attached hydrogen (secondary N) is 1. The summed E-state index contributed by atoms with van der Waals surface area (Å²) in [6, 6.07) is 0. The SMILES string of the molecule is CCOC(=O)C1(C)CCNC[C@@H]1O. The molecule has 2 atom stereocenters. The zero-order valence-electron chi connectivity index (χ0n) is 8.17. The summed E-state index contributed by atoms with van der Waals surface area (Å²) in [5.74, 6) is -0.288. The van der Waals surface area contributed by atoms with Crippen LogP contribution in [-0.4, -0.2) is 36.9 Å². The summed E-state index contributed by atoms with van der Waals surface area (Å²) in [5, 5.41) is 12.7. The van der Waals surface area contributed by atoms with Gasteiger partial charge in [-0.15, -0.1) is 0 Å². The maximum atomic E-state index is 11.5. The van der Waals surface area contributed by atoms with Crippen molar-refractivity contribution in [3.63, 3.8) is 0 Å². The highest BCUT2D eigenvalue weighted by Gasteiger charge is 2.43. The second-order valence-corrected chi connectivity index (χ2v) is 3.61. The number of aliphatic hydroxyl groups excluding tert-OH is 1. The van der Waals surface area contributed by atoms with Gasteiger partial charge in [-0.2, -0.15) is 0 Å². The quantitative estimate of drug-likeness (QED) is 0.593. The molecule has 0 saturated carbocycles. The van der Waals surface area contributed by atoms with Gasteiger partial charge in [0.05, 0.1) is 18.1 Å². The smallest absolute Gasteiger partial charge is 0.314 e. The molecule has 0 aromatic heterocycles. The highest BCUT2D eigenvalue weighted by molar-refractivity contribution is 5.77. The highest BCUT2D eigenvalue weighted by Crippen LogP contribution is 2.29. The van der Waals surface area contributed by atoms with Crippen molar-refractivity contribution in [3.8, 4) is 0 Å². The van der Waals surface area contributed by atoms with Crippen LogP contribution in [0, 0.1) is 5.41 Å². The number of carbonyl (C=O) groups is 1. The standard InChI is InChI=1S/C9H17NO3/c1-3-13-8(12)9(2)4-5-10-6-7(9)11/h7,10-11H,3-6H2,1-2H3/t7-,9?/m0/s1. The molecular formula is C9H17NO3. The Hall–Kier alpha value is -0.610. The number of carbonyl (C=O) groups excluding carboxylic acids is 1. The van der Waals surface area contributed by atoms with E-state index in [2.05, 4.69) is 5.32 Å². The van der Waals surface area contributed by atoms with Gasteiger partial charge in [0.25, 0.3) is 0 Å². The number of β-amino-alcohol motifs (C(OH)–C–C–N with tert-alkyl or cyclic N) is 1. The lowest BCUT2D eigenvalue weighted by Gasteiger charge is -2.36. The first-order valence-corrected chi connectivity index (χ1v) is 4.67. The van der Waals surface area contributed by atoms with Crippen molar-refractivity contribution in [1.82, 2.24) is 5.32 Å². The van der Waals surface area contributed by atoms with Crippen LogP contribution in [-0.2, 0) is 9.53 Å². The highest BCUT2D eigenvalue weighted by atomic mass is 16.5. The minimum Gasteiger partial charge on any atom is -0.465 e. The molecule has 1 unspecified atom stereocenters. The van der Waals surface area contributed by atoms with Crippen molar-refractivity contribution in [3.05, 3.63) is 0 Å². The molecule has 76 valence electrons. The number of rotatable bonds is 2. The second kappa shape index (κ2) is 4.07. The molecule has 2 N–H and O–H groups in total. The molecule has 1 aliphatic heterocycles. The summed E-state index contributed by atoms with van der Waals surface area (Å²) < 4.78 is 4.93. The van der Waals surface area contributed by atoms with Crippen LogP contribution < -0.4 is 5.32 Å². The number of ether oxygens (including phenoxy) is 1. The van der Waals surface area contributed by atoms with Crippen LogP contribution in [0.1, 0.15) is 20.3 Å². The van der Waals surface area contributed by atoms with Gasteiger partial charge in [-0.25, -0.2) is 0 Å². The Balaban J connectivity index is 2.65. The Morgan fingerprint density at radius 2 is 2.46 bits per heavy atom. The van der Waals surface area contributed by atoms with Crippen LogP contribution in [0.3, 0.4) is 0 Å². The lowest BCUT2D eigenvalue weighted by molar-refractivity contribution is -0.163. The first-order valence-electron chi connectivity index (χ1n) is 4.67. The van der Waals surface area contributed by atoms with E-state index in [0.717, 1.165) is 6.54 Å². The molecule has 0 aliphatic carbocycles. The maximum Gasteiger partial charge on any atom is 0.314 e. The lowest BCUT2D eigenvalue weighted by Crippen LogP contribution is -2.52. The summed E-state index contributed by atoms with van der Waals surface area (Å²) in [5.41, 5.74) is -0.721. The van der Waals surface area contributed by atoms with E-state index >= 15 is 0 Å². The van der Waals surface area contributed by atoms with Crippen molar-refractivity contribution in [2.75, 3.05) is 19.7 Å². The molecular weight excluding hydrogens is 170 g/mol. The topological polar surface area (TPSA) is 58.6 Å². The van der Waals surface area contributed by atoms with Crippen LogP contribution in [0.15, 0.2) is 0 Å². The average Bonchev–Trinajstić information content (AvgIpc) is 2.11. The predicted octanol–water partition coefficient (Wildman–Crippen LogP) is -0.0900. The molecule has 1 fully saturated rings. The van der Waals surface area contributed by atoms with Crippen LogP contribution in [0.25, 0.3) is 0 Å². The fraction of sp³-hybridized carbons (Fsp3) is 0.889. The third-order valence-corrected chi connectivity index (χ3v) is 2.64. The number of hydrogen-bond acceptors (Lipinski definition) is 4. The van der Waals surface area contributed by atoms with E-state index in [1.807, 2.05) is 0 Å². The van der Waals surface area contributed by atoms with E-state index < -0.39 is 11.5 Å². The number of esters is 1. The number of hydrogen-bond donors (Lipinski definition) is 2. The van der Waals surface area contributed by atoms with Gasteiger partial charge < -0.3 is 15.2 Å². The van der Waals surface area contributed by atoms with E-state index in [0.29, 0.717) is 19.6 Å². The summed E-state index contributed by atoms with van der Waals surface area (Å²) in [6.45, 7) is 5.13.